The van der Waals surface area contributed by atoms with Gasteiger partial charge in [-0.25, -0.2) is 16.8 Å². The third kappa shape index (κ3) is 3.16. The molecular weight excluding hydrogens is 254 g/mol. The summed E-state index contributed by atoms with van der Waals surface area (Å²) in [6.07, 6.45) is 1.93. The lowest BCUT2D eigenvalue weighted by Gasteiger charge is -2.22. The van der Waals surface area contributed by atoms with Crippen LogP contribution in [-0.2, 0) is 19.9 Å². The van der Waals surface area contributed by atoms with Crippen molar-refractivity contribution in [3.8, 4) is 0 Å². The second-order valence-electron chi connectivity index (χ2n) is 3.88. The van der Waals surface area contributed by atoms with E-state index in [0.717, 1.165) is 10.6 Å². The van der Waals surface area contributed by atoms with Gasteiger partial charge in [0.15, 0.2) is 14.9 Å². The van der Waals surface area contributed by atoms with Crippen molar-refractivity contribution in [2.45, 2.75) is 18.9 Å². The highest BCUT2D eigenvalue weighted by molar-refractivity contribution is 8.06. The first kappa shape index (κ1) is 13.4. The molecule has 0 amide bonds. The number of hydrogen-bond donors (Lipinski definition) is 2. The summed E-state index contributed by atoms with van der Waals surface area (Å²) < 4.78 is 46.5. The quantitative estimate of drug-likeness (QED) is 0.486. The van der Waals surface area contributed by atoms with E-state index in [9.17, 15) is 16.8 Å². The maximum atomic E-state index is 11.8. The number of nitrogens with zero attached hydrogens (tertiary/aromatic N) is 1. The minimum atomic E-state index is -3.89. The molecular formula is C7H15N3O4S2. The molecule has 0 aromatic carbocycles. The van der Waals surface area contributed by atoms with Crippen LogP contribution in [0.4, 0.5) is 0 Å². The first-order valence-corrected chi connectivity index (χ1v) is 8.31. The molecule has 0 bridgehead atoms. The Balaban J connectivity index is 2.96. The van der Waals surface area contributed by atoms with Gasteiger partial charge in [0.25, 0.3) is 0 Å². The number of rotatable bonds is 4. The molecule has 1 unspecified atom stereocenters. The molecule has 94 valence electrons. The van der Waals surface area contributed by atoms with Crippen LogP contribution < -0.4 is 5.73 Å². The number of nitrogens with two attached hydrogens (primary N) is 1. The topological polar surface area (TPSA) is 121 Å². The van der Waals surface area contributed by atoms with Crippen molar-refractivity contribution in [3.05, 3.63) is 0 Å². The van der Waals surface area contributed by atoms with Crippen LogP contribution in [0.15, 0.2) is 0 Å². The molecule has 1 rings (SSSR count). The predicted octanol–water partition coefficient (Wildman–Crippen LogP) is -1.28. The summed E-state index contributed by atoms with van der Waals surface area (Å²) in [4.78, 5) is 0. The van der Waals surface area contributed by atoms with Crippen molar-refractivity contribution in [2.24, 2.45) is 5.73 Å². The van der Waals surface area contributed by atoms with Crippen molar-refractivity contribution < 1.29 is 16.8 Å². The molecule has 0 aliphatic carbocycles. The Morgan fingerprint density at radius 1 is 1.44 bits per heavy atom. The SMILES string of the molecule is CS(=O)(=O)CS(=O)(=O)N1CCCC1C(=N)N. The van der Waals surface area contributed by atoms with Gasteiger partial charge in [-0.2, -0.15) is 4.31 Å². The second kappa shape index (κ2) is 4.30. The van der Waals surface area contributed by atoms with E-state index in [0.29, 0.717) is 12.8 Å². The zero-order chi connectivity index (χ0) is 12.6. The largest absolute Gasteiger partial charge is 0.386 e. The molecule has 1 heterocycles. The van der Waals surface area contributed by atoms with Crippen LogP contribution in [0.3, 0.4) is 0 Å². The summed E-state index contributed by atoms with van der Waals surface area (Å²) in [5.41, 5.74) is 5.28. The molecule has 16 heavy (non-hydrogen) atoms. The summed E-state index contributed by atoms with van der Waals surface area (Å²) >= 11 is 0. The van der Waals surface area contributed by atoms with Crippen LogP contribution in [0.5, 0.6) is 0 Å². The van der Waals surface area contributed by atoms with E-state index in [1.54, 1.807) is 0 Å². The summed E-state index contributed by atoms with van der Waals surface area (Å²) in [5.74, 6) is -0.241. The molecule has 1 aliphatic heterocycles. The Morgan fingerprint density at radius 2 is 2.00 bits per heavy atom. The van der Waals surface area contributed by atoms with E-state index < -0.39 is 31.0 Å². The first-order chi connectivity index (χ1) is 7.13. The zero-order valence-corrected chi connectivity index (χ0v) is 10.5. The van der Waals surface area contributed by atoms with E-state index in [-0.39, 0.29) is 12.4 Å². The van der Waals surface area contributed by atoms with E-state index in [4.69, 9.17) is 11.1 Å². The molecule has 0 spiro atoms. The van der Waals surface area contributed by atoms with Crippen molar-refractivity contribution >= 4 is 25.7 Å². The number of nitrogens with one attached hydrogen (secondary N) is 1. The smallest absolute Gasteiger partial charge is 0.229 e. The van der Waals surface area contributed by atoms with Gasteiger partial charge >= 0.3 is 0 Å². The van der Waals surface area contributed by atoms with Gasteiger partial charge in [-0.3, -0.25) is 5.41 Å². The summed E-state index contributed by atoms with van der Waals surface area (Å²) in [5, 5.41) is 6.33. The molecule has 0 aromatic rings. The Morgan fingerprint density at radius 3 is 2.44 bits per heavy atom. The van der Waals surface area contributed by atoms with Gasteiger partial charge in [0.1, 0.15) is 5.84 Å². The highest BCUT2D eigenvalue weighted by atomic mass is 32.3. The molecule has 1 aliphatic rings. The molecule has 1 saturated heterocycles. The van der Waals surface area contributed by atoms with Crippen LogP contribution in [0.25, 0.3) is 0 Å². The lowest BCUT2D eigenvalue weighted by Crippen LogP contribution is -2.45. The average molecular weight is 269 g/mol. The van der Waals surface area contributed by atoms with Gasteiger partial charge in [-0.05, 0) is 12.8 Å². The standard InChI is InChI=1S/C7H15N3O4S2/c1-15(11,12)5-16(13,14)10-4-2-3-6(10)7(8)9/h6H,2-5H2,1H3,(H3,8,9). The molecule has 3 N–H and O–H groups in total. The van der Waals surface area contributed by atoms with Gasteiger partial charge in [0.05, 0.1) is 6.04 Å². The molecule has 9 heteroatoms. The van der Waals surface area contributed by atoms with Crippen LogP contribution in [0.2, 0.25) is 0 Å². The number of sulfonamides is 1. The summed E-state index contributed by atoms with van der Waals surface area (Å²) in [7, 11) is -7.50. The monoisotopic (exact) mass is 269 g/mol. The zero-order valence-electron chi connectivity index (χ0n) is 8.88. The van der Waals surface area contributed by atoms with Crippen molar-refractivity contribution in [3.63, 3.8) is 0 Å². The predicted molar refractivity (Wildman–Crippen MR) is 60.3 cm³/mol. The van der Waals surface area contributed by atoms with E-state index in [2.05, 4.69) is 0 Å². The van der Waals surface area contributed by atoms with Gasteiger partial charge < -0.3 is 5.73 Å². The first-order valence-electron chi connectivity index (χ1n) is 4.64. The highest BCUT2D eigenvalue weighted by Crippen LogP contribution is 2.21. The van der Waals surface area contributed by atoms with Gasteiger partial charge in [0, 0.05) is 12.8 Å². The lowest BCUT2D eigenvalue weighted by atomic mass is 10.2. The van der Waals surface area contributed by atoms with Crippen LogP contribution in [-0.4, -0.2) is 50.9 Å². The van der Waals surface area contributed by atoms with E-state index in [1.807, 2.05) is 0 Å². The fourth-order valence-corrected chi connectivity index (χ4v) is 5.44. The molecule has 7 nitrogen and oxygen atoms in total. The van der Waals surface area contributed by atoms with Gasteiger partial charge in [-0.1, -0.05) is 0 Å². The normalized spacial score (nSPS) is 23.4. The fourth-order valence-electron chi connectivity index (χ4n) is 1.72. The van der Waals surface area contributed by atoms with E-state index >= 15 is 0 Å². The van der Waals surface area contributed by atoms with Crippen molar-refractivity contribution in [2.75, 3.05) is 17.9 Å². The summed E-state index contributed by atoms with van der Waals surface area (Å²) in [6.45, 7) is 0.224. The Kier molecular flexibility index (Phi) is 3.60. The van der Waals surface area contributed by atoms with Crippen LogP contribution >= 0.6 is 0 Å². The maximum Gasteiger partial charge on any atom is 0.229 e. The third-order valence-electron chi connectivity index (χ3n) is 2.28. The maximum absolute atomic E-state index is 11.8. The lowest BCUT2D eigenvalue weighted by molar-refractivity contribution is 0.446. The average Bonchev–Trinajstić information content (AvgIpc) is 2.45. The summed E-state index contributed by atoms with van der Waals surface area (Å²) in [6, 6.07) is -0.688. The van der Waals surface area contributed by atoms with Crippen molar-refractivity contribution in [1.29, 1.82) is 5.41 Å². The Bertz CT molecular complexity index is 482. The minimum absolute atomic E-state index is 0.224. The minimum Gasteiger partial charge on any atom is -0.386 e. The number of sulfone groups is 1. The fraction of sp³-hybridized carbons (Fsp3) is 0.857. The molecule has 0 saturated carbocycles. The van der Waals surface area contributed by atoms with Crippen LogP contribution in [0.1, 0.15) is 12.8 Å². The Hall–Kier alpha value is -0.670. The molecule has 1 atom stereocenters. The third-order valence-corrected chi connectivity index (χ3v) is 6.34. The van der Waals surface area contributed by atoms with Gasteiger partial charge in [-0.15, -0.1) is 0 Å². The van der Waals surface area contributed by atoms with Crippen molar-refractivity contribution in [1.82, 2.24) is 4.31 Å². The van der Waals surface area contributed by atoms with Crippen LogP contribution in [0, 0.1) is 5.41 Å². The highest BCUT2D eigenvalue weighted by Gasteiger charge is 2.37. The van der Waals surface area contributed by atoms with Gasteiger partial charge in [0.2, 0.25) is 10.0 Å². The second-order valence-corrected chi connectivity index (χ2v) is 8.31. The van der Waals surface area contributed by atoms with E-state index in [1.165, 1.54) is 0 Å². The molecule has 0 aromatic heterocycles. The Labute approximate surface area is 95.1 Å². The molecule has 1 fully saturated rings. The number of amidine groups is 1. The molecule has 0 radical (unpaired) electrons. The number of hydrogen-bond acceptors (Lipinski definition) is 5.